The zero-order valence-electron chi connectivity index (χ0n) is 12.6. The van der Waals surface area contributed by atoms with Gasteiger partial charge in [-0.2, -0.15) is 0 Å². The second-order valence-electron chi connectivity index (χ2n) is 4.82. The molecule has 0 aliphatic heterocycles. The Balaban J connectivity index is 1.96. The van der Waals surface area contributed by atoms with Gasteiger partial charge in [0.2, 0.25) is 5.88 Å². The zero-order valence-corrected chi connectivity index (χ0v) is 12.6. The highest BCUT2D eigenvalue weighted by Gasteiger charge is 2.11. The molecule has 1 aromatic heterocycles. The molecule has 0 N–H and O–H groups in total. The van der Waals surface area contributed by atoms with Gasteiger partial charge in [-0.3, -0.25) is 0 Å². The molecule has 0 spiro atoms. The lowest BCUT2D eigenvalue weighted by molar-refractivity contribution is 0.285. The van der Waals surface area contributed by atoms with Gasteiger partial charge in [-0.05, 0) is 29.1 Å². The van der Waals surface area contributed by atoms with Gasteiger partial charge in [0.15, 0.2) is 11.5 Å². The number of nitrogens with zero attached hydrogens (tertiary/aromatic N) is 1. The molecule has 0 atom stereocenters. The standard InChI is InChI=1S/C18H17NO3/c1-20-16-10-14-8-9-19-18(21-2)15(14)11-17(16)22-12-13-6-4-3-5-7-13/h3-11H,12H2,1-2H3. The highest BCUT2D eigenvalue weighted by atomic mass is 16.5. The molecular formula is C18H17NO3. The Labute approximate surface area is 129 Å². The Bertz CT molecular complexity index is 772. The number of hydrogen-bond donors (Lipinski definition) is 0. The molecule has 0 saturated carbocycles. The predicted octanol–water partition coefficient (Wildman–Crippen LogP) is 3.83. The first-order valence-electron chi connectivity index (χ1n) is 6.99. The summed E-state index contributed by atoms with van der Waals surface area (Å²) in [5.41, 5.74) is 1.10. The van der Waals surface area contributed by atoms with Crippen molar-refractivity contribution in [3.05, 3.63) is 60.3 Å². The maximum atomic E-state index is 5.91. The maximum absolute atomic E-state index is 5.91. The fraction of sp³-hybridized carbons (Fsp3) is 0.167. The Hall–Kier alpha value is -2.75. The third-order valence-electron chi connectivity index (χ3n) is 3.44. The highest BCUT2D eigenvalue weighted by Crippen LogP contribution is 2.35. The molecule has 0 aliphatic rings. The van der Waals surface area contributed by atoms with E-state index in [-0.39, 0.29) is 0 Å². The number of methoxy groups -OCH3 is 2. The van der Waals surface area contributed by atoms with Gasteiger partial charge >= 0.3 is 0 Å². The van der Waals surface area contributed by atoms with Crippen molar-refractivity contribution in [2.24, 2.45) is 0 Å². The van der Waals surface area contributed by atoms with E-state index in [1.54, 1.807) is 20.4 Å². The molecule has 4 nitrogen and oxygen atoms in total. The van der Waals surface area contributed by atoms with Crippen molar-refractivity contribution in [2.75, 3.05) is 14.2 Å². The van der Waals surface area contributed by atoms with Crippen LogP contribution >= 0.6 is 0 Å². The van der Waals surface area contributed by atoms with Gasteiger partial charge in [0.25, 0.3) is 0 Å². The van der Waals surface area contributed by atoms with Crippen LogP contribution in [-0.4, -0.2) is 19.2 Å². The van der Waals surface area contributed by atoms with Crippen LogP contribution in [0.2, 0.25) is 0 Å². The molecule has 4 heteroatoms. The normalized spacial score (nSPS) is 10.5. The summed E-state index contributed by atoms with van der Waals surface area (Å²) in [6, 6.07) is 15.8. The summed E-state index contributed by atoms with van der Waals surface area (Å²) in [4.78, 5) is 4.22. The van der Waals surface area contributed by atoms with Crippen LogP contribution in [0.3, 0.4) is 0 Å². The molecule has 22 heavy (non-hydrogen) atoms. The van der Waals surface area contributed by atoms with Crippen LogP contribution in [0.5, 0.6) is 17.4 Å². The minimum atomic E-state index is 0.477. The molecule has 0 amide bonds. The quantitative estimate of drug-likeness (QED) is 0.717. The summed E-state index contributed by atoms with van der Waals surface area (Å²) in [5.74, 6) is 1.94. The highest BCUT2D eigenvalue weighted by molar-refractivity contribution is 5.89. The molecule has 0 saturated heterocycles. The molecular weight excluding hydrogens is 278 g/mol. The molecule has 1 heterocycles. The number of pyridine rings is 1. The number of aromatic nitrogens is 1. The second kappa shape index (κ2) is 6.35. The van der Waals surface area contributed by atoms with Crippen molar-refractivity contribution in [2.45, 2.75) is 6.61 Å². The first-order valence-corrected chi connectivity index (χ1v) is 6.99. The SMILES string of the molecule is COc1cc2ccnc(OC)c2cc1OCc1ccccc1. The number of hydrogen-bond acceptors (Lipinski definition) is 4. The van der Waals surface area contributed by atoms with Gasteiger partial charge in [-0.25, -0.2) is 4.98 Å². The van der Waals surface area contributed by atoms with Crippen molar-refractivity contribution in [3.63, 3.8) is 0 Å². The summed E-state index contributed by atoms with van der Waals surface area (Å²) in [6.45, 7) is 0.477. The summed E-state index contributed by atoms with van der Waals surface area (Å²) >= 11 is 0. The monoisotopic (exact) mass is 295 g/mol. The van der Waals surface area contributed by atoms with E-state index >= 15 is 0 Å². The largest absolute Gasteiger partial charge is 0.493 e. The average Bonchev–Trinajstić information content (AvgIpc) is 2.59. The van der Waals surface area contributed by atoms with Crippen LogP contribution in [-0.2, 0) is 6.61 Å². The third kappa shape index (κ3) is 2.81. The van der Waals surface area contributed by atoms with Crippen LogP contribution < -0.4 is 14.2 Å². The van der Waals surface area contributed by atoms with Gasteiger partial charge in [0, 0.05) is 11.6 Å². The van der Waals surface area contributed by atoms with Crippen molar-refractivity contribution in [1.82, 2.24) is 4.98 Å². The Kier molecular flexibility index (Phi) is 4.10. The minimum Gasteiger partial charge on any atom is -0.493 e. The lowest BCUT2D eigenvalue weighted by atomic mass is 10.1. The fourth-order valence-electron chi connectivity index (χ4n) is 2.32. The van der Waals surface area contributed by atoms with Gasteiger partial charge in [0.1, 0.15) is 6.61 Å². The molecule has 112 valence electrons. The first-order chi connectivity index (χ1) is 10.8. The number of ether oxygens (including phenoxy) is 3. The molecule has 3 rings (SSSR count). The van der Waals surface area contributed by atoms with E-state index in [1.807, 2.05) is 48.5 Å². The van der Waals surface area contributed by atoms with Crippen LogP contribution in [0.1, 0.15) is 5.56 Å². The lowest BCUT2D eigenvalue weighted by Crippen LogP contribution is -1.98. The zero-order chi connectivity index (χ0) is 15.4. The second-order valence-corrected chi connectivity index (χ2v) is 4.82. The molecule has 0 bridgehead atoms. The van der Waals surface area contributed by atoms with Crippen molar-refractivity contribution in [1.29, 1.82) is 0 Å². The minimum absolute atomic E-state index is 0.477. The number of rotatable bonds is 5. The summed E-state index contributed by atoms with van der Waals surface area (Å²) in [5, 5.41) is 1.89. The average molecular weight is 295 g/mol. The maximum Gasteiger partial charge on any atom is 0.221 e. The Morgan fingerprint density at radius 3 is 2.45 bits per heavy atom. The van der Waals surface area contributed by atoms with Crippen molar-refractivity contribution < 1.29 is 14.2 Å². The molecule has 0 unspecified atom stereocenters. The summed E-state index contributed by atoms with van der Waals surface area (Å²) in [6.07, 6.45) is 1.71. The Morgan fingerprint density at radius 1 is 0.909 bits per heavy atom. The predicted molar refractivity (Wildman–Crippen MR) is 85.6 cm³/mol. The molecule has 0 fully saturated rings. The van der Waals surface area contributed by atoms with E-state index in [0.717, 1.165) is 16.3 Å². The van der Waals surface area contributed by atoms with Crippen LogP contribution in [0, 0.1) is 0 Å². The molecule has 0 radical (unpaired) electrons. The van der Waals surface area contributed by atoms with Crippen LogP contribution in [0.25, 0.3) is 10.8 Å². The van der Waals surface area contributed by atoms with E-state index in [1.165, 1.54) is 0 Å². The van der Waals surface area contributed by atoms with Gasteiger partial charge in [0.05, 0.1) is 14.2 Å². The van der Waals surface area contributed by atoms with Gasteiger partial charge in [-0.1, -0.05) is 30.3 Å². The van der Waals surface area contributed by atoms with Crippen LogP contribution in [0.15, 0.2) is 54.7 Å². The van der Waals surface area contributed by atoms with E-state index in [4.69, 9.17) is 14.2 Å². The third-order valence-corrected chi connectivity index (χ3v) is 3.44. The van der Waals surface area contributed by atoms with E-state index in [9.17, 15) is 0 Å². The smallest absolute Gasteiger partial charge is 0.221 e. The Morgan fingerprint density at radius 2 is 1.73 bits per heavy atom. The number of benzene rings is 2. The summed E-state index contributed by atoms with van der Waals surface area (Å²) < 4.78 is 16.7. The fourth-order valence-corrected chi connectivity index (χ4v) is 2.32. The van der Waals surface area contributed by atoms with Crippen molar-refractivity contribution in [3.8, 4) is 17.4 Å². The topological polar surface area (TPSA) is 40.6 Å². The number of fused-ring (bicyclic) bond motifs is 1. The first kappa shape index (κ1) is 14.2. The van der Waals surface area contributed by atoms with E-state index in [2.05, 4.69) is 4.98 Å². The molecule has 3 aromatic rings. The molecule has 0 aliphatic carbocycles. The van der Waals surface area contributed by atoms with Gasteiger partial charge < -0.3 is 14.2 Å². The van der Waals surface area contributed by atoms with E-state index in [0.29, 0.717) is 24.0 Å². The lowest BCUT2D eigenvalue weighted by Gasteiger charge is -2.13. The van der Waals surface area contributed by atoms with Gasteiger partial charge in [-0.15, -0.1) is 0 Å². The van der Waals surface area contributed by atoms with Crippen molar-refractivity contribution >= 4 is 10.8 Å². The summed E-state index contributed by atoms with van der Waals surface area (Å²) in [7, 11) is 3.24. The van der Waals surface area contributed by atoms with E-state index < -0.39 is 0 Å². The van der Waals surface area contributed by atoms with Crippen LogP contribution in [0.4, 0.5) is 0 Å². The molecule has 2 aromatic carbocycles.